The van der Waals surface area contributed by atoms with E-state index in [1.807, 2.05) is 54.6 Å². The molecule has 0 saturated carbocycles. The number of fused-ring (bicyclic) bond motifs is 2. The summed E-state index contributed by atoms with van der Waals surface area (Å²) in [7, 11) is -3.27. The number of nitrogens with one attached hydrogen (secondary N) is 1. The molecule has 0 amide bonds. The van der Waals surface area contributed by atoms with E-state index in [-0.39, 0.29) is 11.8 Å². The molecular formula is C18H15NO2S. The van der Waals surface area contributed by atoms with Gasteiger partial charge < -0.3 is 5.32 Å². The summed E-state index contributed by atoms with van der Waals surface area (Å²) in [5.74, 6) is 0.0814. The standard InChI is InChI=1S/C18H15NO2S/c20-22(21)12-17(19-16-10-3-4-11-18(16)22)15-9-5-7-13-6-1-2-8-14(13)15/h1-11,17,19H,12H2. The summed E-state index contributed by atoms with van der Waals surface area (Å²) < 4.78 is 25.1. The van der Waals surface area contributed by atoms with Crippen LogP contribution in [-0.4, -0.2) is 14.2 Å². The lowest BCUT2D eigenvalue weighted by Gasteiger charge is -2.28. The Bertz CT molecular complexity index is 958. The normalized spacial score (nSPS) is 19.4. The van der Waals surface area contributed by atoms with Crippen molar-refractivity contribution < 1.29 is 8.42 Å². The van der Waals surface area contributed by atoms with Crippen molar-refractivity contribution in [2.45, 2.75) is 10.9 Å². The zero-order chi connectivity index (χ0) is 15.2. The minimum Gasteiger partial charge on any atom is -0.376 e. The van der Waals surface area contributed by atoms with E-state index in [0.29, 0.717) is 10.6 Å². The molecule has 3 nitrogen and oxygen atoms in total. The van der Waals surface area contributed by atoms with E-state index in [0.717, 1.165) is 16.3 Å². The van der Waals surface area contributed by atoms with E-state index in [1.165, 1.54) is 0 Å². The summed E-state index contributed by atoms with van der Waals surface area (Å²) in [5.41, 5.74) is 1.71. The Morgan fingerprint density at radius 3 is 2.50 bits per heavy atom. The predicted molar refractivity (Wildman–Crippen MR) is 88.8 cm³/mol. The van der Waals surface area contributed by atoms with Gasteiger partial charge in [0, 0.05) is 0 Å². The molecule has 22 heavy (non-hydrogen) atoms. The van der Waals surface area contributed by atoms with Crippen molar-refractivity contribution in [2.24, 2.45) is 0 Å². The molecule has 1 atom stereocenters. The van der Waals surface area contributed by atoms with Gasteiger partial charge in [-0.2, -0.15) is 0 Å². The number of para-hydroxylation sites is 1. The lowest BCUT2D eigenvalue weighted by atomic mass is 9.99. The van der Waals surface area contributed by atoms with E-state index >= 15 is 0 Å². The van der Waals surface area contributed by atoms with Crippen molar-refractivity contribution in [3.63, 3.8) is 0 Å². The topological polar surface area (TPSA) is 46.2 Å². The fourth-order valence-electron chi connectivity index (χ4n) is 3.12. The van der Waals surface area contributed by atoms with E-state index in [2.05, 4.69) is 5.32 Å². The van der Waals surface area contributed by atoms with Crippen LogP contribution in [0.5, 0.6) is 0 Å². The monoisotopic (exact) mass is 309 g/mol. The average molecular weight is 309 g/mol. The number of hydrogen-bond acceptors (Lipinski definition) is 3. The van der Waals surface area contributed by atoms with Gasteiger partial charge in [-0.1, -0.05) is 54.6 Å². The van der Waals surface area contributed by atoms with Crippen molar-refractivity contribution in [1.82, 2.24) is 0 Å². The smallest absolute Gasteiger partial charge is 0.182 e. The minimum atomic E-state index is -3.27. The van der Waals surface area contributed by atoms with Gasteiger partial charge in [0.2, 0.25) is 0 Å². The Balaban J connectivity index is 1.88. The third-order valence-corrected chi connectivity index (χ3v) is 5.93. The predicted octanol–water partition coefficient (Wildman–Crippen LogP) is 3.78. The first-order valence-electron chi connectivity index (χ1n) is 7.21. The highest BCUT2D eigenvalue weighted by Gasteiger charge is 2.31. The summed E-state index contributed by atoms with van der Waals surface area (Å²) >= 11 is 0. The van der Waals surface area contributed by atoms with Gasteiger partial charge in [0.05, 0.1) is 22.4 Å². The first-order chi connectivity index (χ1) is 10.6. The van der Waals surface area contributed by atoms with Gasteiger partial charge in [-0.25, -0.2) is 8.42 Å². The largest absolute Gasteiger partial charge is 0.376 e. The zero-order valence-corrected chi connectivity index (χ0v) is 12.7. The number of sulfone groups is 1. The lowest BCUT2D eigenvalue weighted by Crippen LogP contribution is -2.27. The number of hydrogen-bond donors (Lipinski definition) is 1. The second kappa shape index (κ2) is 4.85. The highest BCUT2D eigenvalue weighted by molar-refractivity contribution is 7.91. The van der Waals surface area contributed by atoms with Gasteiger partial charge in [0.25, 0.3) is 0 Å². The Hall–Kier alpha value is -2.33. The Morgan fingerprint density at radius 1 is 0.864 bits per heavy atom. The fourth-order valence-corrected chi connectivity index (χ4v) is 4.75. The molecule has 0 spiro atoms. The van der Waals surface area contributed by atoms with Crippen LogP contribution in [0.3, 0.4) is 0 Å². The molecule has 3 aromatic carbocycles. The Labute approximate surface area is 129 Å². The van der Waals surface area contributed by atoms with E-state index in [4.69, 9.17) is 0 Å². The molecule has 1 aliphatic rings. The van der Waals surface area contributed by atoms with Crippen LogP contribution in [0.15, 0.2) is 71.6 Å². The van der Waals surface area contributed by atoms with Gasteiger partial charge in [-0.15, -0.1) is 0 Å². The van der Waals surface area contributed by atoms with E-state index < -0.39 is 9.84 Å². The average Bonchev–Trinajstić information content (AvgIpc) is 2.54. The van der Waals surface area contributed by atoms with Crippen LogP contribution < -0.4 is 5.32 Å². The van der Waals surface area contributed by atoms with Crippen molar-refractivity contribution in [3.8, 4) is 0 Å². The summed E-state index contributed by atoms with van der Waals surface area (Å²) in [6.45, 7) is 0. The van der Waals surface area contributed by atoms with Gasteiger partial charge in [0.15, 0.2) is 9.84 Å². The summed E-state index contributed by atoms with van der Waals surface area (Å²) in [4.78, 5) is 0.395. The molecule has 0 aliphatic carbocycles. The van der Waals surface area contributed by atoms with Crippen LogP contribution in [0.4, 0.5) is 5.69 Å². The van der Waals surface area contributed by atoms with Gasteiger partial charge in [-0.05, 0) is 28.5 Å². The maximum atomic E-state index is 12.6. The number of rotatable bonds is 1. The van der Waals surface area contributed by atoms with Crippen LogP contribution in [0.2, 0.25) is 0 Å². The first-order valence-corrected chi connectivity index (χ1v) is 8.86. The second-order valence-corrected chi connectivity index (χ2v) is 7.55. The van der Waals surface area contributed by atoms with Crippen LogP contribution in [0.25, 0.3) is 10.8 Å². The molecule has 1 unspecified atom stereocenters. The van der Waals surface area contributed by atoms with Gasteiger partial charge in [0.1, 0.15) is 0 Å². The van der Waals surface area contributed by atoms with Gasteiger partial charge in [-0.3, -0.25) is 0 Å². The van der Waals surface area contributed by atoms with Crippen LogP contribution in [0, 0.1) is 0 Å². The van der Waals surface area contributed by atoms with Crippen LogP contribution in [-0.2, 0) is 9.84 Å². The molecule has 110 valence electrons. The van der Waals surface area contributed by atoms with Crippen molar-refractivity contribution in [3.05, 3.63) is 72.3 Å². The molecule has 0 saturated heterocycles. The van der Waals surface area contributed by atoms with Gasteiger partial charge >= 0.3 is 0 Å². The van der Waals surface area contributed by atoms with Crippen molar-refractivity contribution >= 4 is 26.3 Å². The number of benzene rings is 3. The molecule has 1 aliphatic heterocycles. The fraction of sp³-hybridized carbons (Fsp3) is 0.111. The molecule has 1 N–H and O–H groups in total. The first kappa shape index (κ1) is 13.3. The SMILES string of the molecule is O=S1(=O)CC(c2cccc3ccccc23)Nc2ccccc21. The molecule has 4 rings (SSSR count). The third kappa shape index (κ3) is 2.07. The second-order valence-electron chi connectivity index (χ2n) is 5.54. The van der Waals surface area contributed by atoms with Crippen LogP contribution >= 0.6 is 0 Å². The lowest BCUT2D eigenvalue weighted by molar-refractivity contribution is 0.588. The van der Waals surface area contributed by atoms with E-state index in [9.17, 15) is 8.42 Å². The molecule has 4 heteroatoms. The van der Waals surface area contributed by atoms with Crippen LogP contribution in [0.1, 0.15) is 11.6 Å². The Morgan fingerprint density at radius 2 is 1.59 bits per heavy atom. The number of anilines is 1. The minimum absolute atomic E-state index is 0.0814. The molecule has 3 aromatic rings. The van der Waals surface area contributed by atoms with E-state index in [1.54, 1.807) is 12.1 Å². The highest BCUT2D eigenvalue weighted by Crippen LogP contribution is 2.36. The Kier molecular flexibility index (Phi) is 2.94. The summed E-state index contributed by atoms with van der Waals surface area (Å²) in [5, 5.41) is 5.60. The molecule has 0 bridgehead atoms. The highest BCUT2D eigenvalue weighted by atomic mass is 32.2. The third-order valence-electron chi connectivity index (χ3n) is 4.14. The molecule has 0 aromatic heterocycles. The summed E-state index contributed by atoms with van der Waals surface area (Å²) in [6, 6.07) is 21.0. The quantitative estimate of drug-likeness (QED) is 0.744. The zero-order valence-electron chi connectivity index (χ0n) is 11.9. The maximum Gasteiger partial charge on any atom is 0.182 e. The van der Waals surface area contributed by atoms with Crippen molar-refractivity contribution in [1.29, 1.82) is 0 Å². The maximum absolute atomic E-state index is 12.6. The van der Waals surface area contributed by atoms with Crippen molar-refractivity contribution in [2.75, 3.05) is 11.1 Å². The molecule has 1 heterocycles. The summed E-state index contributed by atoms with van der Waals surface area (Å²) in [6.07, 6.45) is 0. The molecule has 0 radical (unpaired) electrons. The molecule has 0 fully saturated rings. The molecular weight excluding hydrogens is 294 g/mol.